The van der Waals surface area contributed by atoms with Gasteiger partial charge in [0.25, 0.3) is 0 Å². The second kappa shape index (κ2) is 4.13. The monoisotopic (exact) mass is 175 g/mol. The van der Waals surface area contributed by atoms with Gasteiger partial charge in [-0.3, -0.25) is 0 Å². The number of rotatable bonds is 3. The minimum atomic E-state index is 0.491. The lowest BCUT2D eigenvalue weighted by Gasteiger charge is -2.24. The third-order valence-electron chi connectivity index (χ3n) is 2.24. The number of nitrogens with zero attached hydrogens (tertiary/aromatic N) is 1. The zero-order valence-corrected chi connectivity index (χ0v) is 8.62. The minimum Gasteiger partial charge on any atom is -0.349 e. The zero-order chi connectivity index (χ0) is 9.84. The predicted molar refractivity (Wildman–Crippen MR) is 58.8 cm³/mol. The number of anilines is 1. The van der Waals surface area contributed by atoms with Crippen LogP contribution in [0.4, 0.5) is 5.69 Å². The Hall–Kier alpha value is -1.24. The van der Waals surface area contributed by atoms with E-state index < -0.39 is 0 Å². The van der Waals surface area contributed by atoms with Crippen LogP contribution in [0.15, 0.2) is 42.6 Å². The summed E-state index contributed by atoms with van der Waals surface area (Å²) in [6, 6.07) is 10.3. The molecular weight excluding hydrogens is 158 g/mol. The first-order chi connectivity index (χ1) is 6.13. The van der Waals surface area contributed by atoms with Gasteiger partial charge in [-0.2, -0.15) is 0 Å². The summed E-state index contributed by atoms with van der Waals surface area (Å²) in [6.45, 7) is 8.37. The van der Waals surface area contributed by atoms with E-state index in [1.165, 1.54) is 5.69 Å². The minimum absolute atomic E-state index is 0.491. The molecule has 13 heavy (non-hydrogen) atoms. The normalized spacial score (nSPS) is 10.2. The number of benzene rings is 1. The van der Waals surface area contributed by atoms with Crippen LogP contribution in [-0.4, -0.2) is 7.05 Å². The zero-order valence-electron chi connectivity index (χ0n) is 8.62. The number of hydrogen-bond donors (Lipinski definition) is 0. The fourth-order valence-electron chi connectivity index (χ4n) is 1.20. The van der Waals surface area contributed by atoms with Crippen LogP contribution >= 0.6 is 0 Å². The molecule has 0 aliphatic heterocycles. The summed E-state index contributed by atoms with van der Waals surface area (Å²) in [5.41, 5.74) is 2.34. The van der Waals surface area contributed by atoms with Crippen LogP contribution in [0, 0.1) is 5.92 Å². The van der Waals surface area contributed by atoms with E-state index in [-0.39, 0.29) is 0 Å². The predicted octanol–water partition coefficient (Wildman–Crippen LogP) is 3.29. The summed E-state index contributed by atoms with van der Waals surface area (Å²) in [5, 5.41) is 0. The molecule has 1 heteroatoms. The smallest absolute Gasteiger partial charge is 0.0405 e. The molecule has 70 valence electrons. The molecule has 0 heterocycles. The van der Waals surface area contributed by atoms with Gasteiger partial charge in [-0.05, 0) is 18.1 Å². The van der Waals surface area contributed by atoms with Crippen LogP contribution in [0.1, 0.15) is 13.8 Å². The molecule has 0 fully saturated rings. The molecular formula is C12H17N. The molecule has 1 aromatic carbocycles. The molecule has 1 nitrogen and oxygen atoms in total. The Bertz CT molecular complexity index is 274. The van der Waals surface area contributed by atoms with Gasteiger partial charge in [-0.1, -0.05) is 38.6 Å². The summed E-state index contributed by atoms with van der Waals surface area (Å²) in [4.78, 5) is 2.13. The van der Waals surface area contributed by atoms with E-state index in [0.717, 1.165) is 5.70 Å². The summed E-state index contributed by atoms with van der Waals surface area (Å²) >= 11 is 0. The molecule has 0 radical (unpaired) electrons. The number of allylic oxidation sites excluding steroid dienone is 1. The highest BCUT2D eigenvalue weighted by Gasteiger charge is 2.06. The molecule has 0 spiro atoms. The Kier molecular flexibility index (Phi) is 3.13. The molecule has 1 rings (SSSR count). The Balaban J connectivity index is 2.80. The summed E-state index contributed by atoms with van der Waals surface area (Å²) in [7, 11) is 2.05. The molecule has 0 aromatic heterocycles. The van der Waals surface area contributed by atoms with Crippen molar-refractivity contribution in [3.8, 4) is 0 Å². The molecule has 0 bridgehead atoms. The van der Waals surface area contributed by atoms with Crippen molar-refractivity contribution in [3.05, 3.63) is 42.6 Å². The SMILES string of the molecule is C=C(C(C)C)N(C)c1ccccc1. The maximum Gasteiger partial charge on any atom is 0.0405 e. The third kappa shape index (κ3) is 2.35. The Labute approximate surface area is 80.7 Å². The second-order valence-corrected chi connectivity index (χ2v) is 3.54. The molecule has 0 aliphatic rings. The number of para-hydroxylation sites is 1. The fraction of sp³-hybridized carbons (Fsp3) is 0.333. The van der Waals surface area contributed by atoms with Crippen LogP contribution < -0.4 is 4.90 Å². The van der Waals surface area contributed by atoms with E-state index in [4.69, 9.17) is 0 Å². The first-order valence-electron chi connectivity index (χ1n) is 4.60. The van der Waals surface area contributed by atoms with Crippen molar-refractivity contribution in [2.75, 3.05) is 11.9 Å². The summed E-state index contributed by atoms with van der Waals surface area (Å²) < 4.78 is 0. The molecule has 0 N–H and O–H groups in total. The van der Waals surface area contributed by atoms with Crippen LogP contribution in [0.25, 0.3) is 0 Å². The third-order valence-corrected chi connectivity index (χ3v) is 2.24. The van der Waals surface area contributed by atoms with Gasteiger partial charge in [0.15, 0.2) is 0 Å². The van der Waals surface area contributed by atoms with Crippen LogP contribution in [0.3, 0.4) is 0 Å². The van der Waals surface area contributed by atoms with Gasteiger partial charge in [-0.25, -0.2) is 0 Å². The van der Waals surface area contributed by atoms with E-state index in [9.17, 15) is 0 Å². The topological polar surface area (TPSA) is 3.24 Å². The van der Waals surface area contributed by atoms with Crippen molar-refractivity contribution >= 4 is 5.69 Å². The van der Waals surface area contributed by atoms with Gasteiger partial charge in [-0.15, -0.1) is 0 Å². The van der Waals surface area contributed by atoms with E-state index in [2.05, 4.69) is 44.5 Å². The maximum absolute atomic E-state index is 4.06. The molecule has 0 aliphatic carbocycles. The van der Waals surface area contributed by atoms with Crippen molar-refractivity contribution in [1.82, 2.24) is 0 Å². The van der Waals surface area contributed by atoms with Gasteiger partial charge < -0.3 is 4.90 Å². The van der Waals surface area contributed by atoms with Crippen molar-refractivity contribution in [1.29, 1.82) is 0 Å². The largest absolute Gasteiger partial charge is 0.349 e. The average molecular weight is 175 g/mol. The van der Waals surface area contributed by atoms with E-state index in [0.29, 0.717) is 5.92 Å². The highest BCUT2D eigenvalue weighted by Crippen LogP contribution is 2.19. The lowest BCUT2D eigenvalue weighted by Crippen LogP contribution is -2.18. The van der Waals surface area contributed by atoms with Crippen LogP contribution in [-0.2, 0) is 0 Å². The fourth-order valence-corrected chi connectivity index (χ4v) is 1.20. The van der Waals surface area contributed by atoms with E-state index in [1.807, 2.05) is 18.2 Å². The molecule has 0 atom stereocenters. The van der Waals surface area contributed by atoms with Crippen molar-refractivity contribution in [2.24, 2.45) is 5.92 Å². The first kappa shape index (κ1) is 9.85. The van der Waals surface area contributed by atoms with Crippen LogP contribution in [0.5, 0.6) is 0 Å². The van der Waals surface area contributed by atoms with Crippen LogP contribution in [0.2, 0.25) is 0 Å². The first-order valence-corrected chi connectivity index (χ1v) is 4.60. The maximum atomic E-state index is 4.06. The molecule has 1 aromatic rings. The molecule has 0 unspecified atom stereocenters. The van der Waals surface area contributed by atoms with Gasteiger partial charge >= 0.3 is 0 Å². The Morgan fingerprint density at radius 3 is 2.23 bits per heavy atom. The quantitative estimate of drug-likeness (QED) is 0.681. The molecule has 0 saturated carbocycles. The van der Waals surface area contributed by atoms with Crippen molar-refractivity contribution in [3.63, 3.8) is 0 Å². The standard InChI is InChI=1S/C12H17N/c1-10(2)11(3)13(4)12-8-6-5-7-9-12/h5-10H,3H2,1-2,4H3. The number of hydrogen-bond acceptors (Lipinski definition) is 1. The van der Waals surface area contributed by atoms with Gasteiger partial charge in [0.2, 0.25) is 0 Å². The molecule has 0 amide bonds. The lowest BCUT2D eigenvalue weighted by molar-refractivity contribution is 0.738. The average Bonchev–Trinajstić information content (AvgIpc) is 2.17. The van der Waals surface area contributed by atoms with Crippen molar-refractivity contribution < 1.29 is 0 Å². The summed E-state index contributed by atoms with van der Waals surface area (Å²) in [6.07, 6.45) is 0. The van der Waals surface area contributed by atoms with E-state index >= 15 is 0 Å². The Morgan fingerprint density at radius 1 is 1.23 bits per heavy atom. The lowest BCUT2D eigenvalue weighted by atomic mass is 10.1. The summed E-state index contributed by atoms with van der Waals surface area (Å²) in [5.74, 6) is 0.491. The Morgan fingerprint density at radius 2 is 1.77 bits per heavy atom. The highest BCUT2D eigenvalue weighted by molar-refractivity contribution is 5.50. The van der Waals surface area contributed by atoms with E-state index in [1.54, 1.807) is 0 Å². The second-order valence-electron chi connectivity index (χ2n) is 3.54. The van der Waals surface area contributed by atoms with Gasteiger partial charge in [0.05, 0.1) is 0 Å². The van der Waals surface area contributed by atoms with Gasteiger partial charge in [0.1, 0.15) is 0 Å². The van der Waals surface area contributed by atoms with Crippen molar-refractivity contribution in [2.45, 2.75) is 13.8 Å². The highest BCUT2D eigenvalue weighted by atomic mass is 15.1. The molecule has 0 saturated heterocycles. The van der Waals surface area contributed by atoms with Gasteiger partial charge in [0, 0.05) is 18.4 Å².